The molecule has 2 aromatic heterocycles. The molecule has 2 aliphatic rings. The van der Waals surface area contributed by atoms with Crippen LogP contribution in [0.3, 0.4) is 0 Å². The van der Waals surface area contributed by atoms with E-state index in [9.17, 15) is 23.2 Å². The molecule has 0 spiro atoms. The molecule has 2 aliphatic heterocycles. The van der Waals surface area contributed by atoms with Gasteiger partial charge in [0, 0.05) is 43.9 Å². The van der Waals surface area contributed by atoms with Gasteiger partial charge in [0.25, 0.3) is 0 Å². The molecule has 0 aliphatic carbocycles. The Morgan fingerprint density at radius 2 is 2.09 bits per heavy atom. The smallest absolute Gasteiger partial charge is 0.369 e. The lowest BCUT2D eigenvalue weighted by atomic mass is 9.95. The number of nitrogens with one attached hydrogen (secondary N) is 2. The fourth-order valence-corrected chi connectivity index (χ4v) is 4.32. The number of carbonyl (C=O) groups is 1. The molecule has 180 valence electrons. The third-order valence-corrected chi connectivity index (χ3v) is 6.23. The van der Waals surface area contributed by atoms with Crippen molar-refractivity contribution in [2.24, 2.45) is 11.7 Å². The molecule has 34 heavy (non-hydrogen) atoms. The molecular formula is C22H25F3N8O. The quantitative estimate of drug-likeness (QED) is 0.601. The number of fused-ring (bicyclic) bond motifs is 1. The van der Waals surface area contributed by atoms with Crippen molar-refractivity contribution in [3.8, 4) is 6.07 Å². The highest BCUT2D eigenvalue weighted by atomic mass is 19.4. The average Bonchev–Trinajstić information content (AvgIpc) is 3.25. The van der Waals surface area contributed by atoms with Crippen LogP contribution in [-0.2, 0) is 11.0 Å². The normalized spacial score (nSPS) is 19.2. The number of piperidine rings is 1. The highest BCUT2D eigenvalue weighted by Gasteiger charge is 2.35. The van der Waals surface area contributed by atoms with E-state index in [4.69, 9.17) is 5.73 Å². The van der Waals surface area contributed by atoms with E-state index in [0.717, 1.165) is 25.1 Å². The maximum atomic E-state index is 13.2. The fourth-order valence-electron chi connectivity index (χ4n) is 4.32. The van der Waals surface area contributed by atoms with Crippen molar-refractivity contribution in [2.45, 2.75) is 37.9 Å². The summed E-state index contributed by atoms with van der Waals surface area (Å²) in [5.74, 6) is 0.336. The number of nitrogens with zero attached hydrogens (tertiary/aromatic N) is 5. The van der Waals surface area contributed by atoms with Gasteiger partial charge >= 0.3 is 6.18 Å². The van der Waals surface area contributed by atoms with Gasteiger partial charge in [-0.15, -0.1) is 0 Å². The number of aromatic nitrogens is 3. The van der Waals surface area contributed by atoms with Crippen LogP contribution in [0.15, 0.2) is 18.5 Å². The van der Waals surface area contributed by atoms with E-state index in [2.05, 4.69) is 25.6 Å². The third-order valence-electron chi connectivity index (χ3n) is 6.23. The molecule has 1 fully saturated rings. The number of rotatable bonds is 5. The maximum Gasteiger partial charge on any atom is 0.417 e. The Morgan fingerprint density at radius 1 is 1.35 bits per heavy atom. The van der Waals surface area contributed by atoms with Gasteiger partial charge in [0.15, 0.2) is 0 Å². The number of hydrogen-bond acceptors (Lipinski definition) is 8. The molecule has 0 saturated carbocycles. The molecule has 4 rings (SSSR count). The first-order valence-corrected chi connectivity index (χ1v) is 11.0. The Labute approximate surface area is 194 Å². The van der Waals surface area contributed by atoms with Gasteiger partial charge in [0.05, 0.1) is 29.1 Å². The van der Waals surface area contributed by atoms with Gasteiger partial charge < -0.3 is 21.3 Å². The first kappa shape index (κ1) is 23.7. The van der Waals surface area contributed by atoms with Crippen molar-refractivity contribution < 1.29 is 18.0 Å². The zero-order chi connectivity index (χ0) is 24.5. The lowest BCUT2D eigenvalue weighted by molar-refractivity contribution is -0.138. The lowest BCUT2D eigenvalue weighted by Gasteiger charge is -2.33. The highest BCUT2D eigenvalue weighted by Crippen LogP contribution is 2.39. The SMILES string of the molecule is C[C@@H](N)C(=O)N1CCC(CNc2ncc(C#N)c(C3CNc4ncc(C(F)(F)F)cc43)n2)CC1. The number of hydrogen-bond donors (Lipinski definition) is 3. The molecule has 1 unspecified atom stereocenters. The van der Waals surface area contributed by atoms with E-state index >= 15 is 0 Å². The molecule has 4 N–H and O–H groups in total. The topological polar surface area (TPSA) is 133 Å². The van der Waals surface area contributed by atoms with Gasteiger partial charge in [-0.2, -0.15) is 18.4 Å². The predicted molar refractivity (Wildman–Crippen MR) is 118 cm³/mol. The summed E-state index contributed by atoms with van der Waals surface area (Å²) in [5, 5.41) is 15.7. The Morgan fingerprint density at radius 3 is 2.74 bits per heavy atom. The number of amides is 1. The van der Waals surface area contributed by atoms with Crippen LogP contribution < -0.4 is 16.4 Å². The number of carbonyl (C=O) groups excluding carboxylic acids is 1. The average molecular weight is 474 g/mol. The third kappa shape index (κ3) is 4.89. The minimum absolute atomic E-state index is 0.0555. The van der Waals surface area contributed by atoms with Crippen molar-refractivity contribution in [1.82, 2.24) is 19.9 Å². The minimum atomic E-state index is -4.52. The van der Waals surface area contributed by atoms with E-state index < -0.39 is 23.7 Å². The number of anilines is 2. The summed E-state index contributed by atoms with van der Waals surface area (Å²) in [6.07, 6.45) is -0.734. The number of alkyl halides is 3. The first-order valence-electron chi connectivity index (χ1n) is 11.0. The van der Waals surface area contributed by atoms with Gasteiger partial charge in [-0.3, -0.25) is 4.79 Å². The van der Waals surface area contributed by atoms with E-state index in [1.807, 2.05) is 6.07 Å². The van der Waals surface area contributed by atoms with Crippen molar-refractivity contribution in [1.29, 1.82) is 5.26 Å². The summed E-state index contributed by atoms with van der Waals surface area (Å²) in [6, 6.07) is 2.57. The molecule has 0 radical (unpaired) electrons. The summed E-state index contributed by atoms with van der Waals surface area (Å²) in [6.45, 7) is 3.79. The summed E-state index contributed by atoms with van der Waals surface area (Å²) >= 11 is 0. The molecule has 0 aromatic carbocycles. The molecule has 2 aromatic rings. The summed E-state index contributed by atoms with van der Waals surface area (Å²) in [4.78, 5) is 26.4. The molecule has 1 saturated heterocycles. The van der Waals surface area contributed by atoms with Crippen LogP contribution in [0.25, 0.3) is 0 Å². The first-order chi connectivity index (χ1) is 16.2. The van der Waals surface area contributed by atoms with Crippen LogP contribution in [0, 0.1) is 17.2 Å². The maximum absolute atomic E-state index is 13.2. The minimum Gasteiger partial charge on any atom is -0.369 e. The standard InChI is InChI=1S/C22H25F3N8O/c1-12(27)20(34)33-4-2-13(3-5-33)8-30-21-31-9-14(7-26)18(32-21)17-11-29-19-16(17)6-15(10-28-19)22(23,24)25/h6,9-10,12-13,17H,2-5,8,11,27H2,1H3,(H,28,29)(H,30,31,32)/t12-,17?/m1/s1. The highest BCUT2D eigenvalue weighted by molar-refractivity contribution is 5.81. The molecule has 2 atom stereocenters. The van der Waals surface area contributed by atoms with Crippen molar-refractivity contribution in [3.05, 3.63) is 40.8 Å². The van der Waals surface area contributed by atoms with Crippen LogP contribution in [0.1, 0.15) is 48.1 Å². The second-order valence-electron chi connectivity index (χ2n) is 8.64. The second kappa shape index (κ2) is 9.42. The Hall–Kier alpha value is -3.46. The number of nitrogens with two attached hydrogens (primary N) is 1. The van der Waals surface area contributed by atoms with Gasteiger partial charge in [-0.05, 0) is 31.7 Å². The van der Waals surface area contributed by atoms with Crippen LogP contribution in [0.2, 0.25) is 0 Å². The van der Waals surface area contributed by atoms with E-state index in [1.165, 1.54) is 6.20 Å². The fraction of sp³-hybridized carbons (Fsp3) is 0.500. The lowest BCUT2D eigenvalue weighted by Crippen LogP contribution is -2.46. The molecule has 0 bridgehead atoms. The molecule has 4 heterocycles. The Kier molecular flexibility index (Phi) is 6.56. The molecule has 1 amide bonds. The largest absolute Gasteiger partial charge is 0.417 e. The molecule has 12 heteroatoms. The Bertz CT molecular complexity index is 1110. The van der Waals surface area contributed by atoms with Gasteiger partial charge in [-0.25, -0.2) is 15.0 Å². The zero-order valence-corrected chi connectivity index (χ0v) is 18.6. The van der Waals surface area contributed by atoms with Gasteiger partial charge in [-0.1, -0.05) is 0 Å². The van der Waals surface area contributed by atoms with Gasteiger partial charge in [0.2, 0.25) is 11.9 Å². The monoisotopic (exact) mass is 474 g/mol. The van der Waals surface area contributed by atoms with Crippen LogP contribution in [0.4, 0.5) is 24.9 Å². The van der Waals surface area contributed by atoms with Crippen molar-refractivity contribution >= 4 is 17.7 Å². The summed E-state index contributed by atoms with van der Waals surface area (Å²) in [5.41, 5.74) is 5.73. The summed E-state index contributed by atoms with van der Waals surface area (Å²) < 4.78 is 39.6. The van der Waals surface area contributed by atoms with Crippen LogP contribution in [0.5, 0.6) is 0 Å². The predicted octanol–water partition coefficient (Wildman–Crippen LogP) is 2.32. The number of halogens is 3. The summed E-state index contributed by atoms with van der Waals surface area (Å²) in [7, 11) is 0. The van der Waals surface area contributed by atoms with Crippen molar-refractivity contribution in [3.63, 3.8) is 0 Å². The number of nitriles is 1. The molecule has 9 nitrogen and oxygen atoms in total. The van der Waals surface area contributed by atoms with Crippen LogP contribution in [-0.4, -0.2) is 58.0 Å². The number of likely N-dealkylation sites (tertiary alicyclic amines) is 1. The number of pyridine rings is 1. The van der Waals surface area contributed by atoms with Gasteiger partial charge in [0.1, 0.15) is 11.9 Å². The Balaban J connectivity index is 1.47. The van der Waals surface area contributed by atoms with Crippen molar-refractivity contribution in [2.75, 3.05) is 36.8 Å². The molecular weight excluding hydrogens is 449 g/mol. The van der Waals surface area contributed by atoms with E-state index in [1.54, 1.807) is 11.8 Å². The second-order valence-corrected chi connectivity index (χ2v) is 8.64. The van der Waals surface area contributed by atoms with E-state index in [-0.39, 0.29) is 18.0 Å². The van der Waals surface area contributed by atoms with E-state index in [0.29, 0.717) is 48.6 Å². The zero-order valence-electron chi connectivity index (χ0n) is 18.6. The van der Waals surface area contributed by atoms with Crippen LogP contribution >= 0.6 is 0 Å².